The molecule has 15 heteroatoms. The maximum Gasteiger partial charge on any atom is 0.292 e. The van der Waals surface area contributed by atoms with Gasteiger partial charge in [-0.25, -0.2) is 14.2 Å². The molecule has 0 aliphatic carbocycles. The summed E-state index contributed by atoms with van der Waals surface area (Å²) >= 11 is 0. The highest BCUT2D eigenvalue weighted by Crippen LogP contribution is 2.52. The minimum atomic E-state index is -4.16. The van der Waals surface area contributed by atoms with Crippen molar-refractivity contribution in [2.75, 3.05) is 6.61 Å². The summed E-state index contributed by atoms with van der Waals surface area (Å²) < 4.78 is 55.0. The minimum absolute atomic E-state index is 0.0124. The van der Waals surface area contributed by atoms with Crippen LogP contribution >= 0.6 is 0 Å². The number of fused-ring (bicyclic) bond motifs is 1. The van der Waals surface area contributed by atoms with E-state index in [4.69, 9.17) is 23.5 Å². The monoisotopic (exact) mass is 627 g/mol. The van der Waals surface area contributed by atoms with Crippen molar-refractivity contribution in [1.82, 2.24) is 19.1 Å². The van der Waals surface area contributed by atoms with E-state index < -0.39 is 50.8 Å². The molecule has 0 radical (unpaired) electrons. The van der Waals surface area contributed by atoms with E-state index >= 15 is 0 Å². The fourth-order valence-corrected chi connectivity index (χ4v) is 8.10. The van der Waals surface area contributed by atoms with Crippen molar-refractivity contribution in [3.05, 3.63) is 34.1 Å². The average Bonchev–Trinajstić information content (AvgIpc) is 3.44. The van der Waals surface area contributed by atoms with Crippen LogP contribution in [0.25, 0.3) is 11.2 Å². The van der Waals surface area contributed by atoms with Crippen molar-refractivity contribution in [1.29, 1.82) is 0 Å². The van der Waals surface area contributed by atoms with Crippen molar-refractivity contribution in [3.63, 3.8) is 0 Å². The van der Waals surface area contributed by atoms with Gasteiger partial charge in [0.25, 0.3) is 15.7 Å². The SMILES string of the molecule is CCn1cnc2ncn(C3OC(CO[Si](C)(C)C(C)(C)C)C4(OS(=O)(=O)C=C4N)C3O[Si](C)(C)C(C)(C)C)c2c1=O. The molecule has 1 saturated heterocycles. The molecule has 4 unspecified atom stereocenters. The van der Waals surface area contributed by atoms with Crippen LogP contribution in [-0.2, 0) is 34.4 Å². The van der Waals surface area contributed by atoms with Crippen LogP contribution in [0, 0.1) is 0 Å². The molecule has 4 rings (SSSR count). The molecule has 2 aromatic heterocycles. The molecule has 12 nitrogen and oxygen atoms in total. The van der Waals surface area contributed by atoms with E-state index in [9.17, 15) is 13.2 Å². The summed E-state index contributed by atoms with van der Waals surface area (Å²) in [6, 6.07) is 0. The van der Waals surface area contributed by atoms with Gasteiger partial charge in [0, 0.05) is 6.54 Å². The van der Waals surface area contributed by atoms with Gasteiger partial charge in [-0.15, -0.1) is 0 Å². The van der Waals surface area contributed by atoms with E-state index in [0.29, 0.717) is 6.54 Å². The third-order valence-electron chi connectivity index (χ3n) is 9.24. The molecule has 230 valence electrons. The summed E-state index contributed by atoms with van der Waals surface area (Å²) in [5.74, 6) is 0. The summed E-state index contributed by atoms with van der Waals surface area (Å²) in [5, 5.41) is 0.562. The molecule has 2 aliphatic rings. The first kappa shape index (κ1) is 32.0. The number of aryl methyl sites for hydroxylation is 1. The van der Waals surface area contributed by atoms with Crippen molar-refractivity contribution in [3.8, 4) is 0 Å². The van der Waals surface area contributed by atoms with E-state index in [-0.39, 0.29) is 39.1 Å². The molecule has 2 N–H and O–H groups in total. The summed E-state index contributed by atoms with van der Waals surface area (Å²) in [4.78, 5) is 22.2. The van der Waals surface area contributed by atoms with Crippen LogP contribution in [0.5, 0.6) is 0 Å². The van der Waals surface area contributed by atoms with Gasteiger partial charge in [0.1, 0.15) is 24.9 Å². The number of ether oxygens (including phenoxy) is 1. The molecular weight excluding hydrogens is 583 g/mol. The van der Waals surface area contributed by atoms with Crippen molar-refractivity contribution in [2.24, 2.45) is 5.73 Å². The normalized spacial score (nSPS) is 27.2. The zero-order valence-corrected chi connectivity index (χ0v) is 28.8. The number of nitrogens with zero attached hydrogens (tertiary/aromatic N) is 4. The van der Waals surface area contributed by atoms with Gasteiger partial charge in [-0.1, -0.05) is 41.5 Å². The third-order valence-corrected chi connectivity index (χ3v) is 19.2. The van der Waals surface area contributed by atoms with E-state index in [0.717, 1.165) is 5.41 Å². The molecular formula is C26H45N5O7SSi2. The molecule has 2 aromatic rings. The predicted molar refractivity (Wildman–Crippen MR) is 162 cm³/mol. The first-order chi connectivity index (χ1) is 18.6. The Balaban J connectivity index is 1.94. The highest BCUT2D eigenvalue weighted by molar-refractivity contribution is 7.90. The highest BCUT2D eigenvalue weighted by atomic mass is 32.2. The second kappa shape index (κ2) is 10.1. The first-order valence-electron chi connectivity index (χ1n) is 13.9. The van der Waals surface area contributed by atoms with Crippen molar-refractivity contribution < 1.29 is 26.2 Å². The molecule has 2 aliphatic heterocycles. The number of nitrogens with two attached hydrogens (primary N) is 1. The Morgan fingerprint density at radius 3 is 2.15 bits per heavy atom. The van der Waals surface area contributed by atoms with Gasteiger partial charge in [-0.2, -0.15) is 8.42 Å². The number of rotatable bonds is 7. The molecule has 4 heterocycles. The van der Waals surface area contributed by atoms with E-state index in [1.54, 1.807) is 4.57 Å². The first-order valence-corrected chi connectivity index (χ1v) is 21.2. The lowest BCUT2D eigenvalue weighted by Crippen LogP contribution is -2.59. The lowest BCUT2D eigenvalue weighted by molar-refractivity contribution is -0.0534. The smallest absolute Gasteiger partial charge is 0.292 e. The van der Waals surface area contributed by atoms with E-state index in [1.807, 2.05) is 6.92 Å². The van der Waals surface area contributed by atoms with Gasteiger partial charge >= 0.3 is 0 Å². The summed E-state index contributed by atoms with van der Waals surface area (Å²) in [5.41, 5.74) is 4.96. The zero-order chi connectivity index (χ0) is 31.0. The average molecular weight is 628 g/mol. The fraction of sp³-hybridized carbons (Fsp3) is 0.731. The largest absolute Gasteiger partial charge is 0.414 e. The van der Waals surface area contributed by atoms with Gasteiger partial charge in [0.05, 0.1) is 17.7 Å². The molecule has 1 spiro atoms. The standard InChI is InChI=1S/C26H45N5O7SSi2/c1-12-30-15-28-21-19(22(30)32)31(16-29-21)23-20(37-41(10,11)25(5,6)7)26(17(27)14-39(33,34)38-26)18(36-23)13-35-40(8,9)24(2,3)4/h14-16,18,20,23H,12-13,27H2,1-11H3. The van der Waals surface area contributed by atoms with Crippen molar-refractivity contribution in [2.45, 2.75) is 115 Å². The Hall–Kier alpha value is -1.89. The molecule has 0 bridgehead atoms. The Bertz CT molecular complexity index is 1520. The quantitative estimate of drug-likeness (QED) is 0.354. The Kier molecular flexibility index (Phi) is 7.89. The maximum absolute atomic E-state index is 13.5. The number of aromatic nitrogens is 4. The molecule has 0 aromatic carbocycles. The fourth-order valence-electron chi connectivity index (χ4n) is 4.60. The zero-order valence-electron chi connectivity index (χ0n) is 26.0. The van der Waals surface area contributed by atoms with E-state index in [2.05, 4.69) is 77.7 Å². The van der Waals surface area contributed by atoms with Crippen LogP contribution in [-0.4, -0.2) is 68.6 Å². The maximum atomic E-state index is 13.5. The Labute approximate surface area is 244 Å². The van der Waals surface area contributed by atoms with Crippen LogP contribution in [0.3, 0.4) is 0 Å². The third kappa shape index (κ3) is 5.38. The molecule has 4 atom stereocenters. The predicted octanol–water partition coefficient (Wildman–Crippen LogP) is 3.82. The highest BCUT2D eigenvalue weighted by Gasteiger charge is 2.67. The summed E-state index contributed by atoms with van der Waals surface area (Å²) in [6.45, 7) is 23.2. The van der Waals surface area contributed by atoms with Gasteiger partial charge in [0.15, 0.2) is 39.6 Å². The molecule has 0 saturated carbocycles. The number of imidazole rings is 1. The van der Waals surface area contributed by atoms with Crippen LogP contribution in [0.4, 0.5) is 0 Å². The van der Waals surface area contributed by atoms with Crippen molar-refractivity contribution >= 4 is 37.9 Å². The van der Waals surface area contributed by atoms with Crippen LogP contribution in [0.15, 0.2) is 28.6 Å². The number of hydrogen-bond donors (Lipinski definition) is 1. The van der Waals surface area contributed by atoms with Crippen LogP contribution < -0.4 is 11.3 Å². The molecule has 41 heavy (non-hydrogen) atoms. The van der Waals surface area contributed by atoms with Gasteiger partial charge in [-0.3, -0.25) is 13.9 Å². The summed E-state index contributed by atoms with van der Waals surface area (Å²) in [7, 11) is -9.08. The lowest BCUT2D eigenvalue weighted by Gasteiger charge is -2.43. The van der Waals surface area contributed by atoms with Gasteiger partial charge in [-0.05, 0) is 43.2 Å². The van der Waals surface area contributed by atoms with Crippen LogP contribution in [0.1, 0.15) is 54.7 Å². The second-order valence-corrected chi connectivity index (χ2v) is 24.9. The lowest BCUT2D eigenvalue weighted by atomic mass is 9.89. The Morgan fingerprint density at radius 2 is 1.63 bits per heavy atom. The van der Waals surface area contributed by atoms with Crippen LogP contribution in [0.2, 0.25) is 36.3 Å². The Morgan fingerprint density at radius 1 is 1.05 bits per heavy atom. The topological polar surface area (TPSA) is 150 Å². The second-order valence-electron chi connectivity index (χ2n) is 14.0. The molecule has 0 amide bonds. The van der Waals surface area contributed by atoms with Gasteiger partial charge in [0.2, 0.25) is 0 Å². The summed E-state index contributed by atoms with van der Waals surface area (Å²) in [6.07, 6.45) is -0.0971. The van der Waals surface area contributed by atoms with Gasteiger partial charge < -0.3 is 19.3 Å². The molecule has 1 fully saturated rings. The van der Waals surface area contributed by atoms with E-state index in [1.165, 1.54) is 17.2 Å². The minimum Gasteiger partial charge on any atom is -0.414 e. The number of hydrogen-bond acceptors (Lipinski definition) is 10.